The van der Waals surface area contributed by atoms with Crippen LogP contribution in [0.4, 0.5) is 0 Å². The van der Waals surface area contributed by atoms with Gasteiger partial charge in [-0.3, -0.25) is 9.58 Å². The molecular formula is C14H28N4. The molecule has 0 saturated carbocycles. The first kappa shape index (κ1) is 15.2. The number of rotatable bonds is 7. The summed E-state index contributed by atoms with van der Waals surface area (Å²) in [5, 5.41) is 4.61. The Bertz CT molecular complexity index is 354. The van der Waals surface area contributed by atoms with Crippen molar-refractivity contribution in [1.29, 1.82) is 0 Å². The van der Waals surface area contributed by atoms with Crippen LogP contribution in [0.3, 0.4) is 0 Å². The molecule has 0 aliphatic rings. The number of nitrogens with zero attached hydrogens (tertiary/aromatic N) is 3. The van der Waals surface area contributed by atoms with E-state index >= 15 is 0 Å². The molecule has 1 aromatic heterocycles. The molecule has 0 aromatic carbocycles. The van der Waals surface area contributed by atoms with Crippen LogP contribution in [0.5, 0.6) is 0 Å². The van der Waals surface area contributed by atoms with Gasteiger partial charge in [0.2, 0.25) is 0 Å². The Hall–Kier alpha value is -0.870. The normalized spacial score (nSPS) is 12.7. The predicted molar refractivity (Wildman–Crippen MR) is 76.4 cm³/mol. The van der Waals surface area contributed by atoms with Crippen molar-refractivity contribution in [2.75, 3.05) is 13.1 Å². The molecule has 0 saturated heterocycles. The van der Waals surface area contributed by atoms with Gasteiger partial charge in [0.25, 0.3) is 0 Å². The average molecular weight is 252 g/mol. The van der Waals surface area contributed by atoms with Crippen LogP contribution in [0, 0.1) is 0 Å². The van der Waals surface area contributed by atoms with Crippen LogP contribution in [0.15, 0.2) is 12.3 Å². The van der Waals surface area contributed by atoms with E-state index in [4.69, 9.17) is 5.73 Å². The maximum Gasteiger partial charge on any atom is 0.0765 e. The van der Waals surface area contributed by atoms with E-state index in [2.05, 4.69) is 56.9 Å². The molecule has 0 amide bonds. The van der Waals surface area contributed by atoms with Crippen molar-refractivity contribution >= 4 is 0 Å². The first-order chi connectivity index (χ1) is 8.40. The Morgan fingerprint density at radius 2 is 2.11 bits per heavy atom. The number of nitrogens with two attached hydrogens (primary N) is 1. The highest BCUT2D eigenvalue weighted by atomic mass is 15.3. The minimum absolute atomic E-state index is 0.0254. The van der Waals surface area contributed by atoms with Gasteiger partial charge in [0.05, 0.1) is 5.69 Å². The molecule has 0 unspecified atom stereocenters. The number of hydrogen-bond acceptors (Lipinski definition) is 3. The lowest BCUT2D eigenvalue weighted by atomic mass is 10.0. The van der Waals surface area contributed by atoms with Gasteiger partial charge in [-0.1, -0.05) is 6.92 Å². The molecular weight excluding hydrogens is 224 g/mol. The molecule has 0 aliphatic heterocycles. The lowest BCUT2D eigenvalue weighted by molar-refractivity contribution is 0.116. The van der Waals surface area contributed by atoms with Gasteiger partial charge in [-0.15, -0.1) is 0 Å². The molecule has 2 N–H and O–H groups in total. The van der Waals surface area contributed by atoms with E-state index in [0.717, 1.165) is 25.2 Å². The molecule has 4 nitrogen and oxygen atoms in total. The first-order valence-electron chi connectivity index (χ1n) is 6.90. The molecule has 1 heterocycles. The Kier molecular flexibility index (Phi) is 5.35. The van der Waals surface area contributed by atoms with Crippen LogP contribution >= 0.6 is 0 Å². The summed E-state index contributed by atoms with van der Waals surface area (Å²) in [4.78, 5) is 2.42. The predicted octanol–water partition coefficient (Wildman–Crippen LogP) is 2.41. The molecule has 18 heavy (non-hydrogen) atoms. The van der Waals surface area contributed by atoms with Crippen molar-refractivity contribution in [3.8, 4) is 0 Å². The molecule has 0 bridgehead atoms. The van der Waals surface area contributed by atoms with Gasteiger partial charge in [0, 0.05) is 30.9 Å². The van der Waals surface area contributed by atoms with Crippen LogP contribution in [0.1, 0.15) is 52.8 Å². The van der Waals surface area contributed by atoms with Gasteiger partial charge in [-0.2, -0.15) is 5.10 Å². The SMILES string of the molecule is CCCN(Cc1ccn(C(C)C)n1)C(C)(C)CN. The molecule has 0 atom stereocenters. The van der Waals surface area contributed by atoms with Gasteiger partial charge in [0.1, 0.15) is 0 Å². The highest BCUT2D eigenvalue weighted by Crippen LogP contribution is 2.17. The van der Waals surface area contributed by atoms with Crippen molar-refractivity contribution in [2.45, 2.75) is 59.2 Å². The molecule has 0 radical (unpaired) electrons. The van der Waals surface area contributed by atoms with E-state index in [1.54, 1.807) is 0 Å². The summed E-state index contributed by atoms with van der Waals surface area (Å²) in [5.74, 6) is 0. The molecule has 0 aliphatic carbocycles. The van der Waals surface area contributed by atoms with E-state index in [1.807, 2.05) is 4.68 Å². The van der Waals surface area contributed by atoms with Crippen molar-refractivity contribution in [2.24, 2.45) is 5.73 Å². The molecule has 1 aromatic rings. The second kappa shape index (κ2) is 6.34. The molecule has 0 spiro atoms. The van der Waals surface area contributed by atoms with Crippen molar-refractivity contribution in [1.82, 2.24) is 14.7 Å². The molecule has 4 heteroatoms. The smallest absolute Gasteiger partial charge is 0.0765 e. The van der Waals surface area contributed by atoms with Crippen LogP contribution in [-0.4, -0.2) is 33.3 Å². The van der Waals surface area contributed by atoms with Gasteiger partial charge >= 0.3 is 0 Å². The lowest BCUT2D eigenvalue weighted by Gasteiger charge is -2.37. The Morgan fingerprint density at radius 3 is 2.56 bits per heavy atom. The highest BCUT2D eigenvalue weighted by molar-refractivity contribution is 5.01. The Labute approximate surface area is 111 Å². The standard InChI is InChI=1S/C14H28N4/c1-6-8-17(14(4,5)11-15)10-13-7-9-18(16-13)12(2)3/h7,9,12H,6,8,10-11,15H2,1-5H3. The van der Waals surface area contributed by atoms with Crippen molar-refractivity contribution < 1.29 is 0 Å². The summed E-state index contributed by atoms with van der Waals surface area (Å²) in [6, 6.07) is 2.52. The van der Waals surface area contributed by atoms with Crippen LogP contribution in [0.25, 0.3) is 0 Å². The zero-order chi connectivity index (χ0) is 13.8. The second-order valence-corrected chi connectivity index (χ2v) is 5.82. The summed E-state index contributed by atoms with van der Waals surface area (Å²) < 4.78 is 2.01. The quantitative estimate of drug-likeness (QED) is 0.810. The maximum absolute atomic E-state index is 5.88. The van der Waals surface area contributed by atoms with Gasteiger partial charge < -0.3 is 5.73 Å². The Balaban J connectivity index is 2.76. The van der Waals surface area contributed by atoms with Crippen LogP contribution < -0.4 is 5.73 Å². The maximum atomic E-state index is 5.88. The fourth-order valence-corrected chi connectivity index (χ4v) is 1.94. The van der Waals surface area contributed by atoms with E-state index in [-0.39, 0.29) is 5.54 Å². The van der Waals surface area contributed by atoms with E-state index < -0.39 is 0 Å². The number of aromatic nitrogens is 2. The third-order valence-corrected chi connectivity index (χ3v) is 3.39. The lowest BCUT2D eigenvalue weighted by Crippen LogP contribution is -2.49. The van der Waals surface area contributed by atoms with Gasteiger partial charge in [-0.25, -0.2) is 0 Å². The summed E-state index contributed by atoms with van der Waals surface area (Å²) >= 11 is 0. The third-order valence-electron chi connectivity index (χ3n) is 3.39. The fraction of sp³-hybridized carbons (Fsp3) is 0.786. The van der Waals surface area contributed by atoms with E-state index in [9.17, 15) is 0 Å². The zero-order valence-corrected chi connectivity index (χ0v) is 12.5. The van der Waals surface area contributed by atoms with Crippen LogP contribution in [0.2, 0.25) is 0 Å². The zero-order valence-electron chi connectivity index (χ0n) is 12.5. The fourth-order valence-electron chi connectivity index (χ4n) is 1.94. The first-order valence-corrected chi connectivity index (χ1v) is 6.90. The number of hydrogen-bond donors (Lipinski definition) is 1. The molecule has 0 fully saturated rings. The second-order valence-electron chi connectivity index (χ2n) is 5.82. The summed E-state index contributed by atoms with van der Waals surface area (Å²) in [7, 11) is 0. The average Bonchev–Trinajstić information content (AvgIpc) is 2.77. The third kappa shape index (κ3) is 3.82. The van der Waals surface area contributed by atoms with E-state index in [1.165, 1.54) is 0 Å². The van der Waals surface area contributed by atoms with Crippen molar-refractivity contribution in [3.63, 3.8) is 0 Å². The molecule has 1 rings (SSSR count). The summed E-state index contributed by atoms with van der Waals surface area (Å²) in [6.45, 7) is 13.5. The van der Waals surface area contributed by atoms with Crippen LogP contribution in [-0.2, 0) is 6.54 Å². The summed E-state index contributed by atoms with van der Waals surface area (Å²) in [6.07, 6.45) is 3.19. The van der Waals surface area contributed by atoms with Crippen molar-refractivity contribution in [3.05, 3.63) is 18.0 Å². The molecule has 104 valence electrons. The Morgan fingerprint density at radius 1 is 1.44 bits per heavy atom. The summed E-state index contributed by atoms with van der Waals surface area (Å²) in [5.41, 5.74) is 7.03. The topological polar surface area (TPSA) is 47.1 Å². The van der Waals surface area contributed by atoms with E-state index in [0.29, 0.717) is 12.6 Å². The largest absolute Gasteiger partial charge is 0.329 e. The minimum Gasteiger partial charge on any atom is -0.329 e. The van der Waals surface area contributed by atoms with Gasteiger partial charge in [0.15, 0.2) is 0 Å². The highest BCUT2D eigenvalue weighted by Gasteiger charge is 2.25. The minimum atomic E-state index is 0.0254. The monoisotopic (exact) mass is 252 g/mol. The van der Waals surface area contributed by atoms with Gasteiger partial charge in [-0.05, 0) is 46.7 Å².